The fourth-order valence-corrected chi connectivity index (χ4v) is 2.93. The summed E-state index contributed by atoms with van der Waals surface area (Å²) in [6.45, 7) is 0. The molecule has 0 saturated heterocycles. The Bertz CT molecular complexity index is 478. The van der Waals surface area contributed by atoms with Gasteiger partial charge in [-0.05, 0) is 12.1 Å². The Morgan fingerprint density at radius 2 is 1.16 bits per heavy atom. The van der Waals surface area contributed by atoms with Gasteiger partial charge in [-0.25, -0.2) is 0 Å². The van der Waals surface area contributed by atoms with Gasteiger partial charge >= 0.3 is 0 Å². The predicted octanol–water partition coefficient (Wildman–Crippen LogP) is 4.14. The van der Waals surface area contributed by atoms with E-state index in [2.05, 4.69) is 12.1 Å². The molecule has 2 nitrogen and oxygen atoms in total. The molecule has 0 aliphatic carbocycles. The Balaban J connectivity index is 1.96. The first kappa shape index (κ1) is 13.8. The van der Waals surface area contributed by atoms with Crippen LogP contribution in [-0.2, 0) is 11.5 Å². The second kappa shape index (κ2) is 7.10. The molecule has 0 unspecified atom stereocenters. The molecule has 0 heterocycles. The van der Waals surface area contributed by atoms with Crippen LogP contribution in [0.15, 0.2) is 48.5 Å². The van der Waals surface area contributed by atoms with Gasteiger partial charge in [0.2, 0.25) is 0 Å². The van der Waals surface area contributed by atoms with Gasteiger partial charge in [0.15, 0.2) is 0 Å². The van der Waals surface area contributed by atoms with Crippen LogP contribution in [0.1, 0.15) is 11.1 Å². The van der Waals surface area contributed by atoms with Crippen molar-refractivity contribution >= 4 is 11.8 Å². The topological polar surface area (TPSA) is 18.5 Å². The molecule has 100 valence electrons. The molecule has 19 heavy (non-hydrogen) atoms. The average Bonchev–Trinajstić information content (AvgIpc) is 2.48. The van der Waals surface area contributed by atoms with Crippen molar-refractivity contribution in [3.8, 4) is 11.5 Å². The first-order valence-electron chi connectivity index (χ1n) is 6.16. The van der Waals surface area contributed by atoms with Crippen molar-refractivity contribution in [1.82, 2.24) is 0 Å². The van der Waals surface area contributed by atoms with Gasteiger partial charge in [0.1, 0.15) is 11.5 Å². The zero-order valence-corrected chi connectivity index (χ0v) is 12.1. The van der Waals surface area contributed by atoms with E-state index in [-0.39, 0.29) is 0 Å². The van der Waals surface area contributed by atoms with Gasteiger partial charge in [0, 0.05) is 22.6 Å². The number of hydrogen-bond acceptors (Lipinski definition) is 3. The lowest BCUT2D eigenvalue weighted by Crippen LogP contribution is -1.92. The SMILES string of the molecule is COc1ccccc1CSCc1ccccc1OC. The van der Waals surface area contributed by atoms with Crippen molar-refractivity contribution in [2.24, 2.45) is 0 Å². The third-order valence-electron chi connectivity index (χ3n) is 2.90. The summed E-state index contributed by atoms with van der Waals surface area (Å²) in [5.74, 6) is 3.77. The summed E-state index contributed by atoms with van der Waals surface area (Å²) in [5.41, 5.74) is 2.45. The van der Waals surface area contributed by atoms with Crippen LogP contribution in [0, 0.1) is 0 Å². The second-order valence-corrected chi connectivity index (χ2v) is 5.10. The summed E-state index contributed by atoms with van der Waals surface area (Å²) >= 11 is 1.86. The van der Waals surface area contributed by atoms with Crippen molar-refractivity contribution in [2.75, 3.05) is 14.2 Å². The van der Waals surface area contributed by atoms with Gasteiger partial charge < -0.3 is 9.47 Å². The Morgan fingerprint density at radius 3 is 1.58 bits per heavy atom. The highest BCUT2D eigenvalue weighted by atomic mass is 32.2. The maximum atomic E-state index is 5.35. The lowest BCUT2D eigenvalue weighted by atomic mass is 10.2. The molecule has 0 N–H and O–H groups in total. The standard InChI is InChI=1S/C16H18O2S/c1-17-15-9-5-3-7-13(15)11-19-12-14-8-4-6-10-16(14)18-2/h3-10H,11-12H2,1-2H3. The van der Waals surface area contributed by atoms with E-state index in [1.54, 1.807) is 14.2 Å². The van der Waals surface area contributed by atoms with Crippen LogP contribution in [-0.4, -0.2) is 14.2 Å². The lowest BCUT2D eigenvalue weighted by Gasteiger charge is -2.09. The van der Waals surface area contributed by atoms with Crippen molar-refractivity contribution in [1.29, 1.82) is 0 Å². The quantitative estimate of drug-likeness (QED) is 0.789. The molecule has 2 aromatic rings. The van der Waals surface area contributed by atoms with E-state index in [0.29, 0.717) is 0 Å². The normalized spacial score (nSPS) is 10.2. The Hall–Kier alpha value is -1.61. The summed E-state index contributed by atoms with van der Waals surface area (Å²) in [5, 5.41) is 0. The van der Waals surface area contributed by atoms with E-state index < -0.39 is 0 Å². The van der Waals surface area contributed by atoms with Gasteiger partial charge in [-0.3, -0.25) is 0 Å². The van der Waals surface area contributed by atoms with Crippen LogP contribution in [0.2, 0.25) is 0 Å². The molecule has 0 atom stereocenters. The van der Waals surface area contributed by atoms with E-state index in [9.17, 15) is 0 Å². The molecule has 0 amide bonds. The maximum absolute atomic E-state index is 5.35. The van der Waals surface area contributed by atoms with E-state index in [1.165, 1.54) is 11.1 Å². The molecule has 2 aromatic carbocycles. The number of hydrogen-bond donors (Lipinski definition) is 0. The number of benzene rings is 2. The van der Waals surface area contributed by atoms with Crippen molar-refractivity contribution < 1.29 is 9.47 Å². The van der Waals surface area contributed by atoms with Crippen molar-refractivity contribution in [3.05, 3.63) is 59.7 Å². The molecular weight excluding hydrogens is 256 g/mol. The Morgan fingerprint density at radius 1 is 0.737 bits per heavy atom. The van der Waals surface area contributed by atoms with E-state index in [1.807, 2.05) is 48.2 Å². The largest absolute Gasteiger partial charge is 0.496 e. The van der Waals surface area contributed by atoms with Gasteiger partial charge in [-0.15, -0.1) is 0 Å². The summed E-state index contributed by atoms with van der Waals surface area (Å²) in [7, 11) is 3.42. The highest BCUT2D eigenvalue weighted by Crippen LogP contribution is 2.27. The van der Waals surface area contributed by atoms with E-state index in [0.717, 1.165) is 23.0 Å². The average molecular weight is 274 g/mol. The molecule has 2 rings (SSSR count). The number of methoxy groups -OCH3 is 2. The molecule has 0 bridgehead atoms. The minimum absolute atomic E-state index is 0.933. The summed E-state index contributed by atoms with van der Waals surface area (Å²) in [4.78, 5) is 0. The molecule has 0 aliphatic rings. The van der Waals surface area contributed by atoms with Gasteiger partial charge in [0.25, 0.3) is 0 Å². The van der Waals surface area contributed by atoms with Crippen LogP contribution in [0.25, 0.3) is 0 Å². The summed E-state index contributed by atoms with van der Waals surface area (Å²) < 4.78 is 10.7. The van der Waals surface area contributed by atoms with Crippen LogP contribution < -0.4 is 9.47 Å². The fourth-order valence-electron chi connectivity index (χ4n) is 1.92. The first-order chi connectivity index (χ1) is 9.35. The smallest absolute Gasteiger partial charge is 0.122 e. The van der Waals surface area contributed by atoms with Crippen molar-refractivity contribution in [2.45, 2.75) is 11.5 Å². The van der Waals surface area contributed by atoms with Crippen LogP contribution in [0.3, 0.4) is 0 Å². The van der Waals surface area contributed by atoms with Gasteiger partial charge in [-0.1, -0.05) is 36.4 Å². The van der Waals surface area contributed by atoms with Crippen LogP contribution in [0.4, 0.5) is 0 Å². The number of para-hydroxylation sites is 2. The summed E-state index contributed by atoms with van der Waals surface area (Å²) in [6, 6.07) is 16.3. The minimum Gasteiger partial charge on any atom is -0.496 e. The number of thioether (sulfide) groups is 1. The molecular formula is C16H18O2S. The number of rotatable bonds is 6. The first-order valence-corrected chi connectivity index (χ1v) is 7.32. The highest BCUT2D eigenvalue weighted by molar-refractivity contribution is 7.97. The lowest BCUT2D eigenvalue weighted by molar-refractivity contribution is 0.411. The third kappa shape index (κ3) is 3.67. The minimum atomic E-state index is 0.933. The maximum Gasteiger partial charge on any atom is 0.122 e. The zero-order valence-electron chi connectivity index (χ0n) is 11.3. The monoisotopic (exact) mass is 274 g/mol. The molecule has 0 radical (unpaired) electrons. The van der Waals surface area contributed by atoms with Crippen LogP contribution >= 0.6 is 11.8 Å². The molecule has 0 saturated carbocycles. The Labute approximate surface area is 118 Å². The summed E-state index contributed by atoms with van der Waals surface area (Å²) in [6.07, 6.45) is 0. The molecule has 0 aromatic heterocycles. The van der Waals surface area contributed by atoms with E-state index in [4.69, 9.17) is 9.47 Å². The predicted molar refractivity (Wildman–Crippen MR) is 81.0 cm³/mol. The Kier molecular flexibility index (Phi) is 5.16. The van der Waals surface area contributed by atoms with Gasteiger partial charge in [0.05, 0.1) is 14.2 Å². The fraction of sp³-hybridized carbons (Fsp3) is 0.250. The molecule has 0 aliphatic heterocycles. The molecule has 3 heteroatoms. The number of ether oxygens (including phenoxy) is 2. The van der Waals surface area contributed by atoms with E-state index >= 15 is 0 Å². The molecule has 0 fully saturated rings. The zero-order chi connectivity index (χ0) is 13.5. The van der Waals surface area contributed by atoms with Crippen molar-refractivity contribution in [3.63, 3.8) is 0 Å². The van der Waals surface area contributed by atoms with Gasteiger partial charge in [-0.2, -0.15) is 11.8 Å². The third-order valence-corrected chi connectivity index (χ3v) is 3.93. The highest BCUT2D eigenvalue weighted by Gasteiger charge is 2.04. The van der Waals surface area contributed by atoms with Crippen LogP contribution in [0.5, 0.6) is 11.5 Å². The second-order valence-electron chi connectivity index (χ2n) is 4.12. The molecule has 0 spiro atoms.